The molecule has 0 spiro atoms. The van der Waals surface area contributed by atoms with Crippen LogP contribution in [0.15, 0.2) is 24.3 Å². The number of aliphatic hydroxyl groups is 1. The van der Waals surface area contributed by atoms with E-state index in [0.29, 0.717) is 13.2 Å². The highest BCUT2D eigenvalue weighted by atomic mass is 16.5. The number of hydrogen-bond donors (Lipinski definition) is 2. The number of aliphatic hydroxyl groups excluding tert-OH is 1. The second kappa shape index (κ2) is 9.78. The van der Waals surface area contributed by atoms with Crippen LogP contribution >= 0.6 is 0 Å². The van der Waals surface area contributed by atoms with Gasteiger partial charge < -0.3 is 19.9 Å². The predicted molar refractivity (Wildman–Crippen MR) is 76.4 cm³/mol. The quantitative estimate of drug-likeness (QED) is 0.636. The molecular weight excluding hydrogens is 242 g/mol. The van der Waals surface area contributed by atoms with Crippen LogP contribution in [0.25, 0.3) is 0 Å². The Morgan fingerprint density at radius 3 is 2.84 bits per heavy atom. The summed E-state index contributed by atoms with van der Waals surface area (Å²) in [5, 5.41) is 13.0. The van der Waals surface area contributed by atoms with Crippen LogP contribution in [0.4, 0.5) is 0 Å². The van der Waals surface area contributed by atoms with Crippen molar-refractivity contribution in [3.63, 3.8) is 0 Å². The molecule has 0 saturated carbocycles. The molecule has 0 aliphatic heterocycles. The monoisotopic (exact) mass is 267 g/mol. The zero-order chi connectivity index (χ0) is 13.9. The zero-order valence-electron chi connectivity index (χ0n) is 11.9. The summed E-state index contributed by atoms with van der Waals surface area (Å²) >= 11 is 0. The fourth-order valence-electron chi connectivity index (χ4n) is 1.65. The van der Waals surface area contributed by atoms with Crippen molar-refractivity contribution in [1.29, 1.82) is 0 Å². The van der Waals surface area contributed by atoms with E-state index in [1.54, 1.807) is 0 Å². The number of ether oxygens (including phenoxy) is 2. The highest BCUT2D eigenvalue weighted by molar-refractivity contribution is 5.28. The van der Waals surface area contributed by atoms with Crippen molar-refractivity contribution in [2.75, 3.05) is 26.4 Å². The molecule has 0 amide bonds. The van der Waals surface area contributed by atoms with Gasteiger partial charge in [-0.15, -0.1) is 0 Å². The molecule has 1 atom stereocenters. The molecule has 19 heavy (non-hydrogen) atoms. The van der Waals surface area contributed by atoms with E-state index < -0.39 is 6.10 Å². The minimum absolute atomic E-state index is 0.256. The molecule has 0 aromatic heterocycles. The van der Waals surface area contributed by atoms with Crippen molar-refractivity contribution in [3.05, 3.63) is 29.8 Å². The van der Waals surface area contributed by atoms with Gasteiger partial charge in [0.25, 0.3) is 0 Å². The van der Waals surface area contributed by atoms with Gasteiger partial charge >= 0.3 is 0 Å². The largest absolute Gasteiger partial charge is 0.491 e. The van der Waals surface area contributed by atoms with Crippen molar-refractivity contribution in [3.8, 4) is 5.75 Å². The van der Waals surface area contributed by atoms with E-state index in [0.717, 1.165) is 25.3 Å². The Morgan fingerprint density at radius 1 is 1.26 bits per heavy atom. The maximum absolute atomic E-state index is 9.62. The summed E-state index contributed by atoms with van der Waals surface area (Å²) in [7, 11) is 0. The molecular formula is C15H25NO3. The van der Waals surface area contributed by atoms with Gasteiger partial charge in [0.05, 0.1) is 6.61 Å². The molecule has 2 N–H and O–H groups in total. The lowest BCUT2D eigenvalue weighted by molar-refractivity contribution is 0.0164. The van der Waals surface area contributed by atoms with Crippen LogP contribution < -0.4 is 10.1 Å². The van der Waals surface area contributed by atoms with Crippen molar-refractivity contribution >= 4 is 0 Å². The standard InChI is InChI=1S/C15H25NO3/c1-3-8-16-10-13-6-5-7-15(9-13)19-12-14(17)11-18-4-2/h5-7,9,14,16-17H,3-4,8,10-12H2,1-2H3. The molecule has 0 aliphatic carbocycles. The highest BCUT2D eigenvalue weighted by Gasteiger charge is 2.05. The van der Waals surface area contributed by atoms with E-state index in [4.69, 9.17) is 9.47 Å². The second-order valence-corrected chi connectivity index (χ2v) is 4.45. The molecule has 0 fully saturated rings. The smallest absolute Gasteiger partial charge is 0.119 e. The van der Waals surface area contributed by atoms with Crippen molar-refractivity contribution < 1.29 is 14.6 Å². The topological polar surface area (TPSA) is 50.7 Å². The Hall–Kier alpha value is -1.10. The van der Waals surface area contributed by atoms with Gasteiger partial charge in [-0.25, -0.2) is 0 Å². The normalized spacial score (nSPS) is 12.4. The Balaban J connectivity index is 2.34. The molecule has 1 unspecified atom stereocenters. The van der Waals surface area contributed by atoms with Crippen LogP contribution in [0, 0.1) is 0 Å². The van der Waals surface area contributed by atoms with Crippen LogP contribution in [0.1, 0.15) is 25.8 Å². The summed E-state index contributed by atoms with van der Waals surface area (Å²) < 4.78 is 10.7. The van der Waals surface area contributed by atoms with Gasteiger partial charge in [0.15, 0.2) is 0 Å². The maximum Gasteiger partial charge on any atom is 0.119 e. The summed E-state index contributed by atoms with van der Waals surface area (Å²) in [5.41, 5.74) is 1.19. The summed E-state index contributed by atoms with van der Waals surface area (Å²) in [6.07, 6.45) is 0.543. The van der Waals surface area contributed by atoms with Crippen LogP contribution in [0.2, 0.25) is 0 Å². The summed E-state index contributed by atoms with van der Waals surface area (Å²) in [6.45, 7) is 7.08. The van der Waals surface area contributed by atoms with Gasteiger partial charge in [0.1, 0.15) is 18.5 Å². The maximum atomic E-state index is 9.62. The predicted octanol–water partition coefficient (Wildman–Crippen LogP) is 1.96. The first kappa shape index (κ1) is 16.0. The minimum atomic E-state index is -0.582. The third-order valence-electron chi connectivity index (χ3n) is 2.61. The molecule has 4 nitrogen and oxygen atoms in total. The Bertz CT molecular complexity index is 344. The third-order valence-corrected chi connectivity index (χ3v) is 2.61. The number of hydrogen-bond acceptors (Lipinski definition) is 4. The Labute approximate surface area is 115 Å². The SMILES string of the molecule is CCCNCc1cccc(OCC(O)COCC)c1. The molecule has 0 aliphatic rings. The molecule has 0 bridgehead atoms. The van der Waals surface area contributed by atoms with Crippen LogP contribution in [-0.4, -0.2) is 37.6 Å². The first-order chi connectivity index (χ1) is 9.26. The third kappa shape index (κ3) is 7.15. The summed E-state index contributed by atoms with van der Waals surface area (Å²) in [6, 6.07) is 7.92. The molecule has 0 radical (unpaired) electrons. The highest BCUT2D eigenvalue weighted by Crippen LogP contribution is 2.13. The molecule has 0 heterocycles. The van der Waals surface area contributed by atoms with Crippen molar-refractivity contribution in [1.82, 2.24) is 5.32 Å². The fourth-order valence-corrected chi connectivity index (χ4v) is 1.65. The number of nitrogens with one attached hydrogen (secondary N) is 1. The van der Waals surface area contributed by atoms with Gasteiger partial charge in [0, 0.05) is 13.2 Å². The van der Waals surface area contributed by atoms with E-state index in [-0.39, 0.29) is 6.61 Å². The molecule has 0 saturated heterocycles. The van der Waals surface area contributed by atoms with Crippen molar-refractivity contribution in [2.24, 2.45) is 0 Å². The molecule has 1 aromatic carbocycles. The molecule has 4 heteroatoms. The van der Waals surface area contributed by atoms with Crippen LogP contribution in [-0.2, 0) is 11.3 Å². The first-order valence-electron chi connectivity index (χ1n) is 6.94. The molecule has 1 rings (SSSR count). The molecule has 1 aromatic rings. The lowest BCUT2D eigenvalue weighted by Gasteiger charge is -2.13. The summed E-state index contributed by atoms with van der Waals surface area (Å²) in [5.74, 6) is 0.784. The zero-order valence-corrected chi connectivity index (χ0v) is 11.9. The minimum Gasteiger partial charge on any atom is -0.491 e. The van der Waals surface area contributed by atoms with E-state index in [9.17, 15) is 5.11 Å². The van der Waals surface area contributed by atoms with Gasteiger partial charge in [-0.05, 0) is 37.6 Å². The number of benzene rings is 1. The van der Waals surface area contributed by atoms with E-state index in [1.165, 1.54) is 5.56 Å². The fraction of sp³-hybridized carbons (Fsp3) is 0.600. The number of rotatable bonds is 10. The average Bonchev–Trinajstić information content (AvgIpc) is 2.44. The lowest BCUT2D eigenvalue weighted by Crippen LogP contribution is -2.23. The Kier molecular flexibility index (Phi) is 8.21. The van der Waals surface area contributed by atoms with Crippen molar-refractivity contribution in [2.45, 2.75) is 32.9 Å². The molecule has 108 valence electrons. The van der Waals surface area contributed by atoms with Gasteiger partial charge in [0.2, 0.25) is 0 Å². The van der Waals surface area contributed by atoms with E-state index >= 15 is 0 Å². The van der Waals surface area contributed by atoms with Gasteiger partial charge in [-0.2, -0.15) is 0 Å². The van der Waals surface area contributed by atoms with E-state index in [1.807, 2.05) is 25.1 Å². The first-order valence-corrected chi connectivity index (χ1v) is 6.94. The average molecular weight is 267 g/mol. The summed E-state index contributed by atoms with van der Waals surface area (Å²) in [4.78, 5) is 0. The van der Waals surface area contributed by atoms with Crippen LogP contribution in [0.3, 0.4) is 0 Å². The Morgan fingerprint density at radius 2 is 2.11 bits per heavy atom. The van der Waals surface area contributed by atoms with Gasteiger partial charge in [-0.3, -0.25) is 0 Å². The van der Waals surface area contributed by atoms with Gasteiger partial charge in [-0.1, -0.05) is 19.1 Å². The van der Waals surface area contributed by atoms with Crippen LogP contribution in [0.5, 0.6) is 5.75 Å². The second-order valence-electron chi connectivity index (χ2n) is 4.45. The van der Waals surface area contributed by atoms with E-state index in [2.05, 4.69) is 18.3 Å². The lowest BCUT2D eigenvalue weighted by atomic mass is 10.2.